The van der Waals surface area contributed by atoms with Crippen molar-refractivity contribution in [2.75, 3.05) is 12.4 Å². The molecule has 0 spiro atoms. The summed E-state index contributed by atoms with van der Waals surface area (Å²) in [6.45, 7) is 1.90. The number of hydrogen-bond donors (Lipinski definition) is 1. The zero-order valence-corrected chi connectivity index (χ0v) is 7.70. The molecule has 1 heterocycles. The van der Waals surface area contributed by atoms with Crippen LogP contribution in [0.25, 0.3) is 10.9 Å². The van der Waals surface area contributed by atoms with Crippen LogP contribution in [0.2, 0.25) is 0 Å². The fraction of sp³-hybridized carbons (Fsp3) is 0.200. The molecule has 66 valence electrons. The van der Waals surface area contributed by atoms with Crippen LogP contribution in [0.3, 0.4) is 0 Å². The van der Waals surface area contributed by atoms with Crippen molar-refractivity contribution in [1.29, 1.82) is 0 Å². The number of rotatable bonds is 1. The highest BCUT2D eigenvalue weighted by molar-refractivity contribution is 5.88. The van der Waals surface area contributed by atoms with Crippen LogP contribution in [0.1, 0.15) is 5.82 Å². The summed E-state index contributed by atoms with van der Waals surface area (Å²) < 4.78 is 0. The molecule has 13 heavy (non-hydrogen) atoms. The van der Waals surface area contributed by atoms with Gasteiger partial charge in [-0.25, -0.2) is 9.97 Å². The van der Waals surface area contributed by atoms with Gasteiger partial charge in [0.15, 0.2) is 0 Å². The van der Waals surface area contributed by atoms with E-state index in [1.54, 1.807) is 0 Å². The first kappa shape index (κ1) is 7.98. The van der Waals surface area contributed by atoms with Gasteiger partial charge in [0, 0.05) is 12.4 Å². The summed E-state index contributed by atoms with van der Waals surface area (Å²) in [7, 11) is 1.87. The molecule has 2 aromatic rings. The van der Waals surface area contributed by atoms with Crippen LogP contribution >= 0.6 is 0 Å². The van der Waals surface area contributed by atoms with Crippen LogP contribution < -0.4 is 5.32 Å². The van der Waals surface area contributed by atoms with Gasteiger partial charge in [0.25, 0.3) is 0 Å². The van der Waals surface area contributed by atoms with Crippen molar-refractivity contribution >= 4 is 16.7 Å². The fourth-order valence-corrected chi connectivity index (χ4v) is 1.38. The normalized spacial score (nSPS) is 10.3. The third-order valence-corrected chi connectivity index (χ3v) is 1.95. The molecular weight excluding hydrogens is 162 g/mol. The van der Waals surface area contributed by atoms with Gasteiger partial charge in [-0.05, 0) is 19.1 Å². The molecule has 2 rings (SSSR count). The van der Waals surface area contributed by atoms with Gasteiger partial charge in [-0.3, -0.25) is 0 Å². The Morgan fingerprint density at radius 1 is 1.15 bits per heavy atom. The summed E-state index contributed by atoms with van der Waals surface area (Å²) in [6, 6.07) is 7.97. The van der Waals surface area contributed by atoms with Gasteiger partial charge >= 0.3 is 0 Å². The van der Waals surface area contributed by atoms with Crippen molar-refractivity contribution in [2.24, 2.45) is 0 Å². The number of nitrogens with zero attached hydrogens (tertiary/aromatic N) is 2. The molecule has 0 aliphatic carbocycles. The first-order chi connectivity index (χ1) is 6.31. The maximum absolute atomic E-state index is 4.33. The Balaban J connectivity index is 2.81. The average Bonchev–Trinajstić information content (AvgIpc) is 2.16. The van der Waals surface area contributed by atoms with Crippen molar-refractivity contribution in [3.8, 4) is 0 Å². The van der Waals surface area contributed by atoms with E-state index < -0.39 is 0 Å². The third-order valence-electron chi connectivity index (χ3n) is 1.95. The van der Waals surface area contributed by atoms with E-state index >= 15 is 0 Å². The maximum atomic E-state index is 4.33. The number of hydrogen-bond acceptors (Lipinski definition) is 3. The predicted octanol–water partition coefficient (Wildman–Crippen LogP) is 1.98. The lowest BCUT2D eigenvalue weighted by atomic mass is 10.2. The van der Waals surface area contributed by atoms with Crippen molar-refractivity contribution < 1.29 is 0 Å². The summed E-state index contributed by atoms with van der Waals surface area (Å²) >= 11 is 0. The van der Waals surface area contributed by atoms with Crippen molar-refractivity contribution in [2.45, 2.75) is 6.92 Å². The van der Waals surface area contributed by atoms with Crippen molar-refractivity contribution in [1.82, 2.24) is 9.97 Å². The Bertz CT molecular complexity index is 437. The summed E-state index contributed by atoms with van der Waals surface area (Å²) in [5.74, 6) is 1.69. The lowest BCUT2D eigenvalue weighted by molar-refractivity contribution is 1.09. The summed E-state index contributed by atoms with van der Waals surface area (Å²) in [4.78, 5) is 8.63. The lowest BCUT2D eigenvalue weighted by Crippen LogP contribution is -1.97. The molecule has 0 atom stereocenters. The minimum Gasteiger partial charge on any atom is -0.373 e. The second-order valence-electron chi connectivity index (χ2n) is 2.89. The van der Waals surface area contributed by atoms with Gasteiger partial charge in [-0.2, -0.15) is 0 Å². The van der Waals surface area contributed by atoms with Crippen LogP contribution in [0.5, 0.6) is 0 Å². The second kappa shape index (κ2) is 3.01. The molecule has 3 heteroatoms. The summed E-state index contributed by atoms with van der Waals surface area (Å²) in [6.07, 6.45) is 0. The molecule has 0 radical (unpaired) electrons. The number of anilines is 1. The average molecular weight is 173 g/mol. The Hall–Kier alpha value is -1.64. The van der Waals surface area contributed by atoms with Gasteiger partial charge < -0.3 is 5.32 Å². The number of nitrogens with one attached hydrogen (secondary N) is 1. The molecule has 1 aromatic carbocycles. The molecule has 3 nitrogen and oxygen atoms in total. The number of fused-ring (bicyclic) bond motifs is 1. The van der Waals surface area contributed by atoms with Gasteiger partial charge in [0.2, 0.25) is 0 Å². The monoisotopic (exact) mass is 173 g/mol. The molecule has 0 saturated carbocycles. The number of aryl methyl sites for hydroxylation is 1. The first-order valence-electron chi connectivity index (χ1n) is 4.22. The molecule has 0 aliphatic heterocycles. The smallest absolute Gasteiger partial charge is 0.137 e. The largest absolute Gasteiger partial charge is 0.373 e. The maximum Gasteiger partial charge on any atom is 0.137 e. The Labute approximate surface area is 76.8 Å². The molecule has 0 amide bonds. The minimum absolute atomic E-state index is 0.794. The molecule has 0 saturated heterocycles. The van der Waals surface area contributed by atoms with Crippen LogP contribution in [-0.2, 0) is 0 Å². The van der Waals surface area contributed by atoms with Gasteiger partial charge in [-0.15, -0.1) is 0 Å². The topological polar surface area (TPSA) is 37.8 Å². The van der Waals surface area contributed by atoms with E-state index in [1.807, 2.05) is 38.2 Å². The quantitative estimate of drug-likeness (QED) is 0.716. The Morgan fingerprint density at radius 2 is 1.92 bits per heavy atom. The number of aromatic nitrogens is 2. The zero-order valence-electron chi connectivity index (χ0n) is 7.70. The Morgan fingerprint density at radius 3 is 2.69 bits per heavy atom. The van der Waals surface area contributed by atoms with Crippen molar-refractivity contribution in [3.05, 3.63) is 30.1 Å². The molecular formula is C10H11N3. The fourth-order valence-electron chi connectivity index (χ4n) is 1.38. The summed E-state index contributed by atoms with van der Waals surface area (Å²) in [5, 5.41) is 4.13. The third kappa shape index (κ3) is 1.33. The number of para-hydroxylation sites is 1. The standard InChI is InChI=1S/C10H11N3/c1-7-12-9-6-4-3-5-8(9)10(11-2)13-7/h3-6H,1-2H3,(H,11,12,13). The highest BCUT2D eigenvalue weighted by Crippen LogP contribution is 2.18. The van der Waals surface area contributed by atoms with E-state index in [-0.39, 0.29) is 0 Å². The lowest BCUT2D eigenvalue weighted by Gasteiger charge is -2.04. The van der Waals surface area contributed by atoms with Crippen LogP contribution in [0, 0.1) is 6.92 Å². The van der Waals surface area contributed by atoms with E-state index in [2.05, 4.69) is 15.3 Å². The van der Waals surface area contributed by atoms with E-state index in [9.17, 15) is 0 Å². The van der Waals surface area contributed by atoms with E-state index in [1.165, 1.54) is 0 Å². The van der Waals surface area contributed by atoms with Gasteiger partial charge in [0.05, 0.1) is 5.52 Å². The molecule has 0 aliphatic rings. The van der Waals surface area contributed by atoms with Crippen LogP contribution in [0.4, 0.5) is 5.82 Å². The molecule has 1 N–H and O–H groups in total. The molecule has 0 unspecified atom stereocenters. The highest BCUT2D eigenvalue weighted by Gasteiger charge is 2.01. The van der Waals surface area contributed by atoms with Crippen LogP contribution in [0.15, 0.2) is 24.3 Å². The van der Waals surface area contributed by atoms with Gasteiger partial charge in [0.1, 0.15) is 11.6 Å². The SMILES string of the molecule is CNc1nc(C)nc2ccccc12. The highest BCUT2D eigenvalue weighted by atomic mass is 15.0. The molecule has 0 bridgehead atoms. The Kier molecular flexibility index (Phi) is 1.85. The zero-order chi connectivity index (χ0) is 9.26. The molecule has 1 aromatic heterocycles. The van der Waals surface area contributed by atoms with Gasteiger partial charge in [-0.1, -0.05) is 12.1 Å². The molecule has 0 fully saturated rings. The van der Waals surface area contributed by atoms with Crippen LogP contribution in [-0.4, -0.2) is 17.0 Å². The predicted molar refractivity (Wildman–Crippen MR) is 53.8 cm³/mol. The van der Waals surface area contributed by atoms with Crippen molar-refractivity contribution in [3.63, 3.8) is 0 Å². The second-order valence-corrected chi connectivity index (χ2v) is 2.89. The van der Waals surface area contributed by atoms with E-state index in [0.717, 1.165) is 22.5 Å². The first-order valence-corrected chi connectivity index (χ1v) is 4.22. The van der Waals surface area contributed by atoms with E-state index in [0.29, 0.717) is 0 Å². The minimum atomic E-state index is 0.794. The number of benzene rings is 1. The van der Waals surface area contributed by atoms with E-state index in [4.69, 9.17) is 0 Å². The summed E-state index contributed by atoms with van der Waals surface area (Å²) in [5.41, 5.74) is 0.986.